The highest BCUT2D eigenvalue weighted by Crippen LogP contribution is 2.59. The van der Waals surface area contributed by atoms with Crippen LogP contribution in [-0.2, 0) is 9.59 Å². The number of carboxylic acid groups (broad SMARTS) is 1. The largest absolute Gasteiger partial charge is 0.481 e. The number of aliphatic carboxylic acids is 1. The molecule has 2 N–H and O–H groups in total. The van der Waals surface area contributed by atoms with Crippen LogP contribution in [0, 0.1) is 17.3 Å². The molecule has 0 spiro atoms. The number of carbonyl (C=O) groups is 2. The van der Waals surface area contributed by atoms with Crippen molar-refractivity contribution in [2.45, 2.75) is 33.7 Å². The molecular weight excluding hydrogens is 222 g/mol. The van der Waals surface area contributed by atoms with Gasteiger partial charge >= 0.3 is 5.97 Å². The van der Waals surface area contributed by atoms with Crippen molar-refractivity contribution in [2.75, 3.05) is 13.2 Å². The first-order valence-corrected chi connectivity index (χ1v) is 5.89. The van der Waals surface area contributed by atoms with Gasteiger partial charge in [-0.1, -0.05) is 13.8 Å². The van der Waals surface area contributed by atoms with Gasteiger partial charge in [0.2, 0.25) is 5.91 Å². The van der Waals surface area contributed by atoms with Crippen molar-refractivity contribution < 1.29 is 19.8 Å². The molecule has 17 heavy (non-hydrogen) atoms. The van der Waals surface area contributed by atoms with E-state index >= 15 is 0 Å². The van der Waals surface area contributed by atoms with Crippen LogP contribution in [0.15, 0.2) is 0 Å². The summed E-state index contributed by atoms with van der Waals surface area (Å²) in [6.45, 7) is 7.47. The van der Waals surface area contributed by atoms with Gasteiger partial charge < -0.3 is 15.1 Å². The van der Waals surface area contributed by atoms with Crippen LogP contribution in [0.4, 0.5) is 0 Å². The maximum Gasteiger partial charge on any atom is 0.307 e. The van der Waals surface area contributed by atoms with Gasteiger partial charge in [0.1, 0.15) is 0 Å². The lowest BCUT2D eigenvalue weighted by molar-refractivity contribution is -0.142. The summed E-state index contributed by atoms with van der Waals surface area (Å²) in [5.41, 5.74) is -0.481. The molecule has 1 rings (SSSR count). The van der Waals surface area contributed by atoms with Crippen molar-refractivity contribution in [3.8, 4) is 0 Å². The Bertz CT molecular complexity index is 324. The molecule has 2 atom stereocenters. The minimum absolute atomic E-state index is 0.0273. The molecule has 0 heterocycles. The quantitative estimate of drug-likeness (QED) is 0.740. The van der Waals surface area contributed by atoms with Gasteiger partial charge in [-0.15, -0.1) is 0 Å². The average molecular weight is 243 g/mol. The molecule has 0 aromatic rings. The molecule has 1 saturated carbocycles. The molecule has 98 valence electrons. The van der Waals surface area contributed by atoms with Gasteiger partial charge in [0, 0.05) is 12.6 Å². The van der Waals surface area contributed by atoms with Crippen molar-refractivity contribution >= 4 is 11.9 Å². The summed E-state index contributed by atoms with van der Waals surface area (Å²) in [6.07, 6.45) is 0. The molecule has 0 saturated heterocycles. The Hall–Kier alpha value is -1.10. The van der Waals surface area contributed by atoms with E-state index in [1.54, 1.807) is 18.7 Å². The number of amides is 1. The van der Waals surface area contributed by atoms with Crippen LogP contribution in [-0.4, -0.2) is 46.2 Å². The van der Waals surface area contributed by atoms with Crippen LogP contribution in [0.3, 0.4) is 0 Å². The van der Waals surface area contributed by atoms with E-state index in [-0.39, 0.29) is 25.1 Å². The van der Waals surface area contributed by atoms with Crippen molar-refractivity contribution in [1.82, 2.24) is 4.90 Å². The number of rotatable bonds is 5. The second-order valence-corrected chi connectivity index (χ2v) is 5.46. The van der Waals surface area contributed by atoms with Crippen molar-refractivity contribution in [2.24, 2.45) is 17.3 Å². The number of aliphatic hydroxyl groups is 1. The second-order valence-electron chi connectivity index (χ2n) is 5.46. The van der Waals surface area contributed by atoms with Gasteiger partial charge in [0.15, 0.2) is 0 Å². The van der Waals surface area contributed by atoms with Crippen LogP contribution in [0.25, 0.3) is 0 Å². The third-order valence-corrected chi connectivity index (χ3v) is 3.61. The fraction of sp³-hybridized carbons (Fsp3) is 0.833. The van der Waals surface area contributed by atoms with Gasteiger partial charge in [0.05, 0.1) is 18.4 Å². The van der Waals surface area contributed by atoms with Crippen molar-refractivity contribution in [1.29, 1.82) is 0 Å². The topological polar surface area (TPSA) is 77.8 Å². The van der Waals surface area contributed by atoms with E-state index in [0.717, 1.165) is 0 Å². The molecule has 5 nitrogen and oxygen atoms in total. The molecule has 1 amide bonds. The summed E-state index contributed by atoms with van der Waals surface area (Å²) in [5, 5.41) is 18.0. The zero-order valence-corrected chi connectivity index (χ0v) is 10.8. The van der Waals surface area contributed by atoms with E-state index in [4.69, 9.17) is 10.2 Å². The first-order chi connectivity index (χ1) is 7.75. The zero-order valence-electron chi connectivity index (χ0n) is 10.8. The summed E-state index contributed by atoms with van der Waals surface area (Å²) in [4.78, 5) is 24.8. The average Bonchev–Trinajstić information content (AvgIpc) is 2.76. The van der Waals surface area contributed by atoms with E-state index in [1.807, 2.05) is 13.8 Å². The molecular formula is C12H21NO4. The smallest absolute Gasteiger partial charge is 0.307 e. The predicted octanol–water partition coefficient (Wildman–Crippen LogP) is 0.572. The first-order valence-electron chi connectivity index (χ1n) is 5.89. The Morgan fingerprint density at radius 1 is 1.29 bits per heavy atom. The maximum atomic E-state index is 12.2. The number of hydrogen-bond donors (Lipinski definition) is 2. The van der Waals surface area contributed by atoms with Crippen LogP contribution in [0.5, 0.6) is 0 Å². The summed E-state index contributed by atoms with van der Waals surface area (Å²) < 4.78 is 0. The molecule has 0 aromatic carbocycles. The zero-order chi connectivity index (χ0) is 13.4. The summed E-state index contributed by atoms with van der Waals surface area (Å²) in [7, 11) is 0. The first kappa shape index (κ1) is 14.0. The Balaban J connectivity index is 2.80. The summed E-state index contributed by atoms with van der Waals surface area (Å²) in [6, 6.07) is -0.0273. The Labute approximate surface area is 101 Å². The highest BCUT2D eigenvalue weighted by Gasteiger charge is 2.66. The van der Waals surface area contributed by atoms with E-state index in [2.05, 4.69) is 0 Å². The molecule has 5 heteroatoms. The maximum absolute atomic E-state index is 12.2. The molecule has 0 bridgehead atoms. The number of hydrogen-bond acceptors (Lipinski definition) is 3. The molecule has 1 aliphatic carbocycles. The number of aliphatic hydroxyl groups excluding tert-OH is 1. The van der Waals surface area contributed by atoms with Crippen LogP contribution < -0.4 is 0 Å². The summed E-state index contributed by atoms with van der Waals surface area (Å²) >= 11 is 0. The second kappa shape index (κ2) is 4.64. The standard InChI is InChI=1S/C12H21NO4/c1-7(2)13(5-6-14)10(15)8-9(11(16)17)12(8,3)4/h7-9,14H,5-6H2,1-4H3,(H,16,17). The van der Waals surface area contributed by atoms with E-state index in [9.17, 15) is 9.59 Å². The van der Waals surface area contributed by atoms with Gasteiger partial charge in [0.25, 0.3) is 0 Å². The van der Waals surface area contributed by atoms with Crippen LogP contribution in [0.1, 0.15) is 27.7 Å². The van der Waals surface area contributed by atoms with Gasteiger partial charge in [-0.25, -0.2) is 0 Å². The highest BCUT2D eigenvalue weighted by atomic mass is 16.4. The Kier molecular flexibility index (Phi) is 3.81. The number of carboxylic acids is 1. The Morgan fingerprint density at radius 2 is 1.82 bits per heavy atom. The third kappa shape index (κ3) is 2.44. The monoisotopic (exact) mass is 243 g/mol. The molecule has 2 unspecified atom stereocenters. The Morgan fingerprint density at radius 3 is 2.12 bits per heavy atom. The van der Waals surface area contributed by atoms with Gasteiger partial charge in [-0.3, -0.25) is 9.59 Å². The minimum atomic E-state index is -0.916. The fourth-order valence-electron chi connectivity index (χ4n) is 2.47. The minimum Gasteiger partial charge on any atom is -0.481 e. The normalized spacial score (nSPS) is 25.8. The van der Waals surface area contributed by atoms with Gasteiger partial charge in [-0.2, -0.15) is 0 Å². The lowest BCUT2D eigenvalue weighted by Gasteiger charge is -2.26. The summed E-state index contributed by atoms with van der Waals surface area (Å²) in [5.74, 6) is -2.14. The molecule has 0 aromatic heterocycles. The van der Waals surface area contributed by atoms with Crippen molar-refractivity contribution in [3.63, 3.8) is 0 Å². The SMILES string of the molecule is CC(C)N(CCO)C(=O)C1C(C(=O)O)C1(C)C. The lowest BCUT2D eigenvalue weighted by Crippen LogP contribution is -2.41. The number of carbonyl (C=O) groups excluding carboxylic acids is 1. The fourth-order valence-corrected chi connectivity index (χ4v) is 2.47. The highest BCUT2D eigenvalue weighted by molar-refractivity contribution is 5.91. The predicted molar refractivity (Wildman–Crippen MR) is 62.3 cm³/mol. The third-order valence-electron chi connectivity index (χ3n) is 3.61. The molecule has 1 aliphatic rings. The molecule has 0 aliphatic heterocycles. The molecule has 1 fully saturated rings. The number of nitrogens with zero attached hydrogens (tertiary/aromatic N) is 1. The van der Waals surface area contributed by atoms with Crippen molar-refractivity contribution in [3.05, 3.63) is 0 Å². The van der Waals surface area contributed by atoms with Gasteiger partial charge in [-0.05, 0) is 19.3 Å². The van der Waals surface area contributed by atoms with Crippen LogP contribution >= 0.6 is 0 Å². The van der Waals surface area contributed by atoms with E-state index in [1.165, 1.54) is 0 Å². The van der Waals surface area contributed by atoms with E-state index < -0.39 is 23.2 Å². The lowest BCUT2D eigenvalue weighted by atomic mass is 10.1. The van der Waals surface area contributed by atoms with Crippen LogP contribution in [0.2, 0.25) is 0 Å². The molecule has 0 radical (unpaired) electrons. The van der Waals surface area contributed by atoms with E-state index in [0.29, 0.717) is 0 Å².